The molecule has 1 aromatic rings. The van der Waals surface area contributed by atoms with Gasteiger partial charge >= 0.3 is 5.97 Å². The minimum absolute atomic E-state index is 0.569. The Hall–Kier alpha value is -1.32. The van der Waals surface area contributed by atoms with E-state index >= 15 is 0 Å². The van der Waals surface area contributed by atoms with Gasteiger partial charge in [-0.2, -0.15) is 5.10 Å². The second-order valence-electron chi connectivity index (χ2n) is 7.22. The van der Waals surface area contributed by atoms with E-state index in [0.29, 0.717) is 5.92 Å². The predicted molar refractivity (Wildman–Crippen MR) is 74.4 cm³/mol. The van der Waals surface area contributed by atoms with Crippen LogP contribution in [0.25, 0.3) is 0 Å². The number of carbonyl (C=O) groups is 1. The van der Waals surface area contributed by atoms with Crippen LogP contribution in [0, 0.1) is 23.7 Å². The molecule has 1 N–H and O–H groups in total. The molecule has 0 aliphatic heterocycles. The number of aliphatic carboxylic acids is 1. The van der Waals surface area contributed by atoms with Crippen molar-refractivity contribution >= 4 is 5.97 Å². The number of carboxylic acids is 1. The highest BCUT2D eigenvalue weighted by molar-refractivity contribution is 5.71. The summed E-state index contributed by atoms with van der Waals surface area (Å²) in [6.45, 7) is 1.69. The van der Waals surface area contributed by atoms with Gasteiger partial charge < -0.3 is 5.11 Å². The van der Waals surface area contributed by atoms with Crippen molar-refractivity contribution in [2.24, 2.45) is 23.7 Å². The molecular formula is C16H22N2O2. The lowest BCUT2D eigenvalue weighted by molar-refractivity contribution is -0.140. The lowest BCUT2D eigenvalue weighted by atomic mass is 9.51. The maximum atomic E-state index is 11.1. The number of carboxylic acid groups (broad SMARTS) is 1. The standard InChI is InChI=1S/C16H22N2O2/c1-9(16(19)20)18-8-14(7-17-18)15-12-3-10-2-11(5-12)6-13(15)4-10/h7-13,15H,2-6H2,1H3,(H,19,20). The monoisotopic (exact) mass is 274 g/mol. The van der Waals surface area contributed by atoms with Gasteiger partial charge in [-0.1, -0.05) is 0 Å². The highest BCUT2D eigenvalue weighted by atomic mass is 16.4. The molecule has 4 nitrogen and oxygen atoms in total. The van der Waals surface area contributed by atoms with E-state index in [-0.39, 0.29) is 0 Å². The molecule has 0 amide bonds. The molecule has 4 heteroatoms. The lowest BCUT2D eigenvalue weighted by Gasteiger charge is -2.54. The summed E-state index contributed by atoms with van der Waals surface area (Å²) in [6.07, 6.45) is 10.9. The summed E-state index contributed by atoms with van der Waals surface area (Å²) < 4.78 is 1.61. The van der Waals surface area contributed by atoms with Gasteiger partial charge in [-0.3, -0.25) is 4.68 Å². The highest BCUT2D eigenvalue weighted by Crippen LogP contribution is 2.59. The Balaban J connectivity index is 1.60. The van der Waals surface area contributed by atoms with Crippen molar-refractivity contribution < 1.29 is 9.90 Å². The average Bonchev–Trinajstić information content (AvgIpc) is 2.85. The third-order valence-electron chi connectivity index (χ3n) is 5.99. The summed E-state index contributed by atoms with van der Waals surface area (Å²) in [5.41, 5.74) is 1.28. The Kier molecular flexibility index (Phi) is 2.69. The van der Waals surface area contributed by atoms with Gasteiger partial charge in [0.25, 0.3) is 0 Å². The van der Waals surface area contributed by atoms with Crippen LogP contribution in [0.2, 0.25) is 0 Å². The van der Waals surface area contributed by atoms with Crippen LogP contribution in [-0.4, -0.2) is 20.9 Å². The maximum absolute atomic E-state index is 11.1. The quantitative estimate of drug-likeness (QED) is 0.921. The van der Waals surface area contributed by atoms with E-state index in [9.17, 15) is 4.79 Å². The second kappa shape index (κ2) is 4.34. The Labute approximate surface area is 119 Å². The zero-order valence-electron chi connectivity index (χ0n) is 11.9. The summed E-state index contributed by atoms with van der Waals surface area (Å²) in [7, 11) is 0. The van der Waals surface area contributed by atoms with Crippen LogP contribution < -0.4 is 0 Å². The minimum atomic E-state index is -0.815. The first-order chi connectivity index (χ1) is 9.61. The molecule has 4 aliphatic carbocycles. The molecule has 1 heterocycles. The van der Waals surface area contributed by atoms with Gasteiger partial charge in [-0.15, -0.1) is 0 Å². The molecule has 4 bridgehead atoms. The van der Waals surface area contributed by atoms with Crippen molar-refractivity contribution in [2.45, 2.75) is 51.0 Å². The summed E-state index contributed by atoms with van der Waals surface area (Å²) in [4.78, 5) is 11.1. The molecule has 108 valence electrons. The Morgan fingerprint density at radius 3 is 2.40 bits per heavy atom. The van der Waals surface area contributed by atoms with Crippen LogP contribution >= 0.6 is 0 Å². The molecule has 20 heavy (non-hydrogen) atoms. The second-order valence-corrected chi connectivity index (χ2v) is 7.22. The van der Waals surface area contributed by atoms with Crippen molar-refractivity contribution in [1.29, 1.82) is 0 Å². The third-order valence-corrected chi connectivity index (χ3v) is 5.99. The first-order valence-electron chi connectivity index (χ1n) is 7.88. The van der Waals surface area contributed by atoms with Gasteiger partial charge in [0.1, 0.15) is 6.04 Å². The molecule has 0 aromatic carbocycles. The highest BCUT2D eigenvalue weighted by Gasteiger charge is 2.48. The van der Waals surface area contributed by atoms with E-state index in [0.717, 1.165) is 23.7 Å². The van der Waals surface area contributed by atoms with Crippen molar-refractivity contribution in [3.63, 3.8) is 0 Å². The van der Waals surface area contributed by atoms with Gasteiger partial charge in [-0.25, -0.2) is 4.79 Å². The van der Waals surface area contributed by atoms with Crippen LogP contribution in [0.3, 0.4) is 0 Å². The van der Waals surface area contributed by atoms with Gasteiger partial charge in [0.05, 0.1) is 6.20 Å². The van der Waals surface area contributed by atoms with Crippen LogP contribution in [0.15, 0.2) is 12.4 Å². The van der Waals surface area contributed by atoms with E-state index < -0.39 is 12.0 Å². The topological polar surface area (TPSA) is 55.1 Å². The number of hydrogen-bond acceptors (Lipinski definition) is 2. The molecule has 0 radical (unpaired) electrons. The van der Waals surface area contributed by atoms with Gasteiger partial charge in [0.15, 0.2) is 0 Å². The molecule has 1 atom stereocenters. The van der Waals surface area contributed by atoms with E-state index in [1.165, 1.54) is 37.7 Å². The molecule has 1 aromatic heterocycles. The zero-order valence-corrected chi connectivity index (χ0v) is 11.9. The van der Waals surface area contributed by atoms with E-state index in [1.54, 1.807) is 11.6 Å². The van der Waals surface area contributed by atoms with Crippen molar-refractivity contribution in [3.05, 3.63) is 18.0 Å². The Morgan fingerprint density at radius 2 is 1.85 bits per heavy atom. The zero-order chi connectivity index (χ0) is 13.9. The van der Waals surface area contributed by atoms with E-state index in [1.807, 2.05) is 12.4 Å². The fourth-order valence-electron chi connectivity index (χ4n) is 5.32. The van der Waals surface area contributed by atoms with E-state index in [4.69, 9.17) is 5.11 Å². The largest absolute Gasteiger partial charge is 0.480 e. The van der Waals surface area contributed by atoms with Gasteiger partial charge in [-0.05, 0) is 74.2 Å². The van der Waals surface area contributed by atoms with Crippen LogP contribution in [0.5, 0.6) is 0 Å². The first-order valence-corrected chi connectivity index (χ1v) is 7.88. The van der Waals surface area contributed by atoms with Crippen LogP contribution in [0.4, 0.5) is 0 Å². The summed E-state index contributed by atoms with van der Waals surface area (Å²) in [6, 6.07) is -0.569. The third kappa shape index (κ3) is 1.80. The number of rotatable bonds is 3. The van der Waals surface area contributed by atoms with Gasteiger partial charge in [0, 0.05) is 6.20 Å². The van der Waals surface area contributed by atoms with Crippen molar-refractivity contribution in [1.82, 2.24) is 9.78 Å². The predicted octanol–water partition coefficient (Wildman–Crippen LogP) is 3.07. The SMILES string of the molecule is CC(C(=O)O)n1cc(C2C3CC4CC(C3)CC2C4)cn1. The molecular weight excluding hydrogens is 252 g/mol. The number of aromatic nitrogens is 2. The molecule has 0 saturated heterocycles. The molecule has 4 fully saturated rings. The Bertz CT molecular complexity index is 508. The molecule has 0 spiro atoms. The lowest BCUT2D eigenvalue weighted by Crippen LogP contribution is -2.43. The summed E-state index contributed by atoms with van der Waals surface area (Å²) >= 11 is 0. The smallest absolute Gasteiger partial charge is 0.328 e. The first kappa shape index (κ1) is 12.4. The fraction of sp³-hybridized carbons (Fsp3) is 0.750. The number of nitrogens with zero attached hydrogens (tertiary/aromatic N) is 2. The van der Waals surface area contributed by atoms with Crippen LogP contribution in [-0.2, 0) is 4.79 Å². The maximum Gasteiger partial charge on any atom is 0.328 e. The fourth-order valence-corrected chi connectivity index (χ4v) is 5.32. The Morgan fingerprint density at radius 1 is 1.25 bits per heavy atom. The number of hydrogen-bond donors (Lipinski definition) is 1. The molecule has 4 saturated carbocycles. The van der Waals surface area contributed by atoms with Crippen molar-refractivity contribution in [3.8, 4) is 0 Å². The normalized spacial score (nSPS) is 40.0. The summed E-state index contributed by atoms with van der Waals surface area (Å²) in [5.74, 6) is 3.42. The minimum Gasteiger partial charge on any atom is -0.480 e. The average molecular weight is 274 g/mol. The molecule has 4 aliphatic rings. The molecule has 1 unspecified atom stereocenters. The molecule has 5 rings (SSSR count). The van der Waals surface area contributed by atoms with Crippen molar-refractivity contribution in [2.75, 3.05) is 0 Å². The van der Waals surface area contributed by atoms with Gasteiger partial charge in [0.2, 0.25) is 0 Å². The van der Waals surface area contributed by atoms with E-state index in [2.05, 4.69) is 5.10 Å². The summed E-state index contributed by atoms with van der Waals surface area (Å²) in [5, 5.41) is 13.4. The van der Waals surface area contributed by atoms with Crippen LogP contribution in [0.1, 0.15) is 56.6 Å².